The third-order valence-corrected chi connectivity index (χ3v) is 4.17. The molecular weight excluding hydrogens is 394 g/mol. The van der Waals surface area contributed by atoms with Gasteiger partial charge in [-0.15, -0.1) is 0 Å². The number of hydrogen-bond acceptors (Lipinski definition) is 6. The van der Waals surface area contributed by atoms with E-state index in [0.717, 1.165) is 4.47 Å². The molecule has 1 aliphatic rings. The van der Waals surface area contributed by atoms with Crippen LogP contribution in [0.15, 0.2) is 49.8 Å². The van der Waals surface area contributed by atoms with Gasteiger partial charge >= 0.3 is 11.7 Å². The van der Waals surface area contributed by atoms with Crippen molar-refractivity contribution < 1.29 is 14.3 Å². The van der Waals surface area contributed by atoms with E-state index in [1.807, 2.05) is 0 Å². The summed E-state index contributed by atoms with van der Waals surface area (Å²) in [7, 11) is 0. The highest BCUT2D eigenvalue weighted by molar-refractivity contribution is 9.10. The van der Waals surface area contributed by atoms with Crippen LogP contribution < -0.4 is 21.7 Å². The van der Waals surface area contributed by atoms with Gasteiger partial charge in [0.2, 0.25) is 11.8 Å². The molecule has 0 bridgehead atoms. The molecule has 8 nitrogen and oxygen atoms in total. The number of carbonyl (C=O) groups excluding carboxylic acids is 1. The molecule has 0 fully saturated rings. The number of halogens is 1. The zero-order chi connectivity index (χ0) is 18.1. The van der Waals surface area contributed by atoms with Gasteiger partial charge in [0.1, 0.15) is 5.57 Å². The number of H-pyrrole nitrogens is 2. The Morgan fingerprint density at radius 2 is 2.12 bits per heavy atom. The highest BCUT2D eigenvalue weighted by Gasteiger charge is 2.38. The molecule has 0 unspecified atom stereocenters. The van der Waals surface area contributed by atoms with Gasteiger partial charge in [0.05, 0.1) is 18.1 Å². The third-order valence-electron chi connectivity index (χ3n) is 3.68. The van der Waals surface area contributed by atoms with Gasteiger partial charge in [-0.25, -0.2) is 9.59 Å². The van der Waals surface area contributed by atoms with Crippen LogP contribution in [-0.4, -0.2) is 22.5 Å². The molecule has 0 saturated heterocycles. The van der Waals surface area contributed by atoms with Crippen molar-refractivity contribution in [1.82, 2.24) is 9.97 Å². The summed E-state index contributed by atoms with van der Waals surface area (Å²) in [6.07, 6.45) is 0. The van der Waals surface area contributed by atoms with Crippen molar-refractivity contribution in [2.75, 3.05) is 6.61 Å². The van der Waals surface area contributed by atoms with E-state index in [0.29, 0.717) is 5.56 Å². The first-order valence-corrected chi connectivity index (χ1v) is 8.18. The second-order valence-electron chi connectivity index (χ2n) is 5.24. The summed E-state index contributed by atoms with van der Waals surface area (Å²) in [5.74, 6) is -1.86. The van der Waals surface area contributed by atoms with Crippen molar-refractivity contribution in [3.8, 4) is 5.88 Å². The minimum absolute atomic E-state index is 0.00463. The summed E-state index contributed by atoms with van der Waals surface area (Å²) in [4.78, 5) is 40.9. The second kappa shape index (κ2) is 6.60. The van der Waals surface area contributed by atoms with Crippen LogP contribution in [0.2, 0.25) is 0 Å². The van der Waals surface area contributed by atoms with Gasteiger partial charge in [0, 0.05) is 4.47 Å². The fourth-order valence-electron chi connectivity index (χ4n) is 2.72. The maximum atomic E-state index is 12.4. The van der Waals surface area contributed by atoms with Crippen LogP contribution in [0.1, 0.15) is 24.0 Å². The molecule has 25 heavy (non-hydrogen) atoms. The lowest BCUT2D eigenvalue weighted by atomic mass is 9.84. The average Bonchev–Trinajstić information content (AvgIpc) is 2.53. The number of ether oxygens (including phenoxy) is 2. The molecule has 1 aromatic heterocycles. The van der Waals surface area contributed by atoms with Crippen molar-refractivity contribution >= 4 is 21.9 Å². The molecule has 0 aliphatic carbocycles. The lowest BCUT2D eigenvalue weighted by Gasteiger charge is -2.27. The normalized spacial score (nSPS) is 16.2. The van der Waals surface area contributed by atoms with Gasteiger partial charge in [-0.3, -0.25) is 14.8 Å². The van der Waals surface area contributed by atoms with Crippen molar-refractivity contribution in [1.29, 1.82) is 0 Å². The number of carbonyl (C=O) groups is 1. The maximum Gasteiger partial charge on any atom is 0.340 e. The predicted octanol–water partition coefficient (Wildman–Crippen LogP) is 1.08. The van der Waals surface area contributed by atoms with Crippen LogP contribution in [0.3, 0.4) is 0 Å². The van der Waals surface area contributed by atoms with Crippen molar-refractivity contribution in [3.63, 3.8) is 0 Å². The summed E-state index contributed by atoms with van der Waals surface area (Å²) in [5.41, 5.74) is 5.20. The standard InChI is InChI=1S/C16H14BrN3O5/c1-2-24-15(22)10-9(7-4-3-5-8(17)6-7)11-13(21)19-16(23)20-14(11)25-12(10)18/h3-6,9H,2,18H2,1H3,(H2,19,20,21,23)/t9-/m0/s1. The Morgan fingerprint density at radius 3 is 2.80 bits per heavy atom. The number of aromatic nitrogens is 2. The minimum atomic E-state index is -0.846. The fraction of sp³-hybridized carbons (Fsp3) is 0.188. The third kappa shape index (κ3) is 3.10. The highest BCUT2D eigenvalue weighted by atomic mass is 79.9. The van der Waals surface area contributed by atoms with E-state index in [1.165, 1.54) is 0 Å². The first-order chi connectivity index (χ1) is 11.9. The van der Waals surface area contributed by atoms with Crippen LogP contribution in [-0.2, 0) is 9.53 Å². The molecule has 4 N–H and O–H groups in total. The maximum absolute atomic E-state index is 12.4. The van der Waals surface area contributed by atoms with Gasteiger partial charge in [-0.05, 0) is 24.6 Å². The van der Waals surface area contributed by atoms with E-state index in [9.17, 15) is 14.4 Å². The van der Waals surface area contributed by atoms with Crippen LogP contribution >= 0.6 is 15.9 Å². The van der Waals surface area contributed by atoms with E-state index in [2.05, 4.69) is 25.9 Å². The van der Waals surface area contributed by atoms with Gasteiger partial charge in [-0.2, -0.15) is 0 Å². The summed E-state index contributed by atoms with van der Waals surface area (Å²) < 4.78 is 11.1. The molecule has 9 heteroatoms. The molecule has 0 amide bonds. The largest absolute Gasteiger partial charge is 0.462 e. The molecule has 1 aliphatic heterocycles. The number of benzene rings is 1. The topological polar surface area (TPSA) is 127 Å². The zero-order valence-electron chi connectivity index (χ0n) is 13.1. The van der Waals surface area contributed by atoms with Gasteiger partial charge in [-0.1, -0.05) is 28.1 Å². The molecule has 1 aromatic carbocycles. The molecule has 0 radical (unpaired) electrons. The number of hydrogen-bond donors (Lipinski definition) is 3. The highest BCUT2D eigenvalue weighted by Crippen LogP contribution is 2.39. The van der Waals surface area contributed by atoms with Gasteiger partial charge < -0.3 is 15.2 Å². The summed E-state index contributed by atoms with van der Waals surface area (Å²) >= 11 is 3.36. The number of esters is 1. The Kier molecular flexibility index (Phi) is 4.49. The van der Waals surface area contributed by atoms with Crippen molar-refractivity contribution in [2.45, 2.75) is 12.8 Å². The first-order valence-electron chi connectivity index (χ1n) is 7.39. The number of nitrogens with one attached hydrogen (secondary N) is 2. The van der Waals surface area contributed by atoms with Gasteiger partial charge in [0.15, 0.2) is 0 Å². The summed E-state index contributed by atoms with van der Waals surface area (Å²) in [5, 5.41) is 0. The van der Waals surface area contributed by atoms with Crippen molar-refractivity contribution in [3.05, 3.63) is 72.2 Å². The average molecular weight is 408 g/mol. The Morgan fingerprint density at radius 1 is 1.36 bits per heavy atom. The Hall–Kier alpha value is -2.81. The van der Waals surface area contributed by atoms with Gasteiger partial charge in [0.25, 0.3) is 5.56 Å². The first kappa shape index (κ1) is 17.0. The Labute approximate surface area is 149 Å². The smallest absolute Gasteiger partial charge is 0.340 e. The molecule has 3 rings (SSSR count). The monoisotopic (exact) mass is 407 g/mol. The minimum Gasteiger partial charge on any atom is -0.462 e. The summed E-state index contributed by atoms with van der Waals surface area (Å²) in [6.45, 7) is 1.79. The lowest BCUT2D eigenvalue weighted by molar-refractivity contribution is -0.139. The molecule has 2 aromatic rings. The van der Waals surface area contributed by atoms with Crippen molar-refractivity contribution in [2.24, 2.45) is 5.73 Å². The molecule has 2 heterocycles. The Bertz CT molecular complexity index is 992. The number of fused-ring (bicyclic) bond motifs is 1. The second-order valence-corrected chi connectivity index (χ2v) is 6.16. The number of rotatable bonds is 3. The number of aromatic amines is 2. The summed E-state index contributed by atoms with van der Waals surface area (Å²) in [6, 6.07) is 7.05. The van der Waals surface area contributed by atoms with E-state index < -0.39 is 23.1 Å². The predicted molar refractivity (Wildman–Crippen MR) is 92.1 cm³/mol. The van der Waals surface area contributed by atoms with E-state index in [4.69, 9.17) is 15.2 Å². The van der Waals surface area contributed by atoms with Crippen LogP contribution in [0, 0.1) is 0 Å². The van der Waals surface area contributed by atoms with Crippen LogP contribution in [0.4, 0.5) is 0 Å². The molecule has 130 valence electrons. The van der Waals surface area contributed by atoms with E-state index in [1.54, 1.807) is 31.2 Å². The SMILES string of the molecule is CCOC(=O)C1=C(N)Oc2[nH]c(=O)[nH]c(=O)c2[C@H]1c1cccc(Br)c1. The van der Waals surface area contributed by atoms with Crippen LogP contribution in [0.25, 0.3) is 0 Å². The molecule has 0 spiro atoms. The van der Waals surface area contributed by atoms with Crippen LogP contribution in [0.5, 0.6) is 5.88 Å². The number of nitrogens with two attached hydrogens (primary N) is 1. The molecule has 1 atom stereocenters. The molecule has 0 saturated carbocycles. The lowest BCUT2D eigenvalue weighted by Crippen LogP contribution is -2.35. The van der Waals surface area contributed by atoms with E-state index in [-0.39, 0.29) is 29.5 Å². The Balaban J connectivity index is 2.30. The zero-order valence-corrected chi connectivity index (χ0v) is 14.7. The fourth-order valence-corrected chi connectivity index (χ4v) is 3.13. The van der Waals surface area contributed by atoms with E-state index >= 15 is 0 Å². The quantitative estimate of drug-likeness (QED) is 0.653. The molecular formula is C16H14BrN3O5.